The summed E-state index contributed by atoms with van der Waals surface area (Å²) >= 11 is 1.82. The van der Waals surface area contributed by atoms with E-state index >= 15 is 0 Å². The van der Waals surface area contributed by atoms with Gasteiger partial charge in [-0.2, -0.15) is 0 Å². The van der Waals surface area contributed by atoms with Crippen molar-refractivity contribution >= 4 is 11.3 Å². The maximum absolute atomic E-state index is 6.42. The molecule has 2 rings (SSSR count). The van der Waals surface area contributed by atoms with Crippen molar-refractivity contribution in [2.75, 3.05) is 13.2 Å². The molecule has 0 bridgehead atoms. The summed E-state index contributed by atoms with van der Waals surface area (Å²) in [5, 5.41) is 0. The molecule has 1 aliphatic rings. The molecule has 3 heteroatoms. The van der Waals surface area contributed by atoms with Crippen LogP contribution in [0.4, 0.5) is 0 Å². The molecule has 2 heterocycles. The van der Waals surface area contributed by atoms with E-state index in [9.17, 15) is 0 Å². The fourth-order valence-corrected chi connectivity index (χ4v) is 2.95. The van der Waals surface area contributed by atoms with Gasteiger partial charge < -0.3 is 10.5 Å². The summed E-state index contributed by atoms with van der Waals surface area (Å²) in [6.07, 6.45) is 3.08. The third kappa shape index (κ3) is 2.00. The van der Waals surface area contributed by atoms with E-state index in [0.29, 0.717) is 0 Å². The molecule has 0 aromatic carbocycles. The molecule has 0 spiro atoms. The zero-order valence-corrected chi connectivity index (χ0v) is 9.40. The monoisotopic (exact) mass is 211 g/mol. The lowest BCUT2D eigenvalue weighted by Crippen LogP contribution is -2.35. The quantitative estimate of drug-likeness (QED) is 0.774. The largest absolute Gasteiger partial charge is 0.381 e. The number of ether oxygens (including phenoxy) is 1. The molecule has 2 nitrogen and oxygen atoms in total. The van der Waals surface area contributed by atoms with Crippen LogP contribution in [-0.2, 0) is 10.3 Å². The number of aryl methyl sites for hydroxylation is 1. The summed E-state index contributed by atoms with van der Waals surface area (Å²) in [6.45, 7) is 3.79. The van der Waals surface area contributed by atoms with E-state index in [-0.39, 0.29) is 5.54 Å². The van der Waals surface area contributed by atoms with Crippen molar-refractivity contribution in [2.24, 2.45) is 5.73 Å². The van der Waals surface area contributed by atoms with E-state index in [1.165, 1.54) is 9.75 Å². The summed E-state index contributed by atoms with van der Waals surface area (Å²) < 4.78 is 5.44. The molecule has 1 unspecified atom stereocenters. The van der Waals surface area contributed by atoms with Gasteiger partial charge in [0.1, 0.15) is 0 Å². The van der Waals surface area contributed by atoms with Crippen molar-refractivity contribution in [2.45, 2.75) is 31.7 Å². The van der Waals surface area contributed by atoms with Gasteiger partial charge in [-0.15, -0.1) is 11.3 Å². The topological polar surface area (TPSA) is 35.2 Å². The average Bonchev–Trinajstić information content (AvgIpc) is 2.47. The smallest absolute Gasteiger partial charge is 0.0526 e. The predicted molar refractivity (Wildman–Crippen MR) is 59.6 cm³/mol. The first-order valence-corrected chi connectivity index (χ1v) is 5.96. The summed E-state index contributed by atoms with van der Waals surface area (Å²) in [6, 6.07) is 4.33. The molecule has 2 N–H and O–H groups in total. The summed E-state index contributed by atoms with van der Waals surface area (Å²) in [5.74, 6) is 0. The molecule has 0 radical (unpaired) electrons. The highest BCUT2D eigenvalue weighted by Crippen LogP contribution is 2.34. The Bertz CT molecular complexity index is 300. The second kappa shape index (κ2) is 4.01. The highest BCUT2D eigenvalue weighted by molar-refractivity contribution is 7.12. The highest BCUT2D eigenvalue weighted by Gasteiger charge is 2.29. The van der Waals surface area contributed by atoms with E-state index in [4.69, 9.17) is 10.5 Å². The van der Waals surface area contributed by atoms with Crippen LogP contribution in [0.2, 0.25) is 0 Å². The Morgan fingerprint density at radius 3 is 2.93 bits per heavy atom. The molecular weight excluding hydrogens is 194 g/mol. The minimum atomic E-state index is -0.130. The molecule has 78 valence electrons. The Morgan fingerprint density at radius 2 is 2.21 bits per heavy atom. The molecule has 1 aliphatic heterocycles. The number of hydrogen-bond acceptors (Lipinski definition) is 3. The molecule has 0 aliphatic carbocycles. The zero-order chi connectivity index (χ0) is 10.0. The maximum Gasteiger partial charge on any atom is 0.0526 e. The van der Waals surface area contributed by atoms with Gasteiger partial charge in [-0.05, 0) is 38.3 Å². The van der Waals surface area contributed by atoms with Gasteiger partial charge in [0.05, 0.1) is 5.54 Å². The first kappa shape index (κ1) is 10.1. The summed E-state index contributed by atoms with van der Waals surface area (Å²) in [5.41, 5.74) is 6.29. The molecule has 1 saturated heterocycles. The minimum Gasteiger partial charge on any atom is -0.381 e. The van der Waals surface area contributed by atoms with Crippen molar-refractivity contribution in [3.05, 3.63) is 21.9 Å². The van der Waals surface area contributed by atoms with Gasteiger partial charge in [0.15, 0.2) is 0 Å². The number of thiophene rings is 1. The predicted octanol–water partition coefficient (Wildman–Crippen LogP) is 2.41. The minimum absolute atomic E-state index is 0.130. The van der Waals surface area contributed by atoms with Crippen LogP contribution in [0.3, 0.4) is 0 Å². The fourth-order valence-electron chi connectivity index (χ4n) is 1.92. The van der Waals surface area contributed by atoms with Crippen molar-refractivity contribution in [3.8, 4) is 0 Å². The van der Waals surface area contributed by atoms with E-state index in [2.05, 4.69) is 19.1 Å². The van der Waals surface area contributed by atoms with Crippen LogP contribution in [0.15, 0.2) is 12.1 Å². The standard InChI is InChI=1S/C11H17NOS/c1-9-3-4-10(14-9)11(12)5-2-7-13-8-6-11/h3-4H,2,5-8,12H2,1H3. The van der Waals surface area contributed by atoms with Gasteiger partial charge in [0, 0.05) is 23.0 Å². The van der Waals surface area contributed by atoms with Crippen LogP contribution < -0.4 is 5.73 Å². The van der Waals surface area contributed by atoms with Crippen LogP contribution in [0, 0.1) is 6.92 Å². The third-order valence-electron chi connectivity index (χ3n) is 2.84. The van der Waals surface area contributed by atoms with Crippen molar-refractivity contribution < 1.29 is 4.74 Å². The number of hydrogen-bond donors (Lipinski definition) is 1. The van der Waals surface area contributed by atoms with Crippen LogP contribution in [0.5, 0.6) is 0 Å². The van der Waals surface area contributed by atoms with E-state index in [1.54, 1.807) is 0 Å². The van der Waals surface area contributed by atoms with Crippen LogP contribution in [-0.4, -0.2) is 13.2 Å². The van der Waals surface area contributed by atoms with Crippen molar-refractivity contribution in [3.63, 3.8) is 0 Å². The second-order valence-electron chi connectivity index (χ2n) is 4.03. The summed E-state index contributed by atoms with van der Waals surface area (Å²) in [4.78, 5) is 2.66. The first-order valence-electron chi connectivity index (χ1n) is 5.14. The van der Waals surface area contributed by atoms with Gasteiger partial charge in [-0.1, -0.05) is 0 Å². The van der Waals surface area contributed by atoms with Crippen molar-refractivity contribution in [1.29, 1.82) is 0 Å². The van der Waals surface area contributed by atoms with Crippen molar-refractivity contribution in [1.82, 2.24) is 0 Å². The fraction of sp³-hybridized carbons (Fsp3) is 0.636. The Hall–Kier alpha value is -0.380. The molecule has 1 atom stereocenters. The molecule has 0 amide bonds. The number of rotatable bonds is 1. The van der Waals surface area contributed by atoms with Gasteiger partial charge in [-0.25, -0.2) is 0 Å². The molecule has 1 aromatic heterocycles. The number of nitrogens with two attached hydrogens (primary N) is 1. The van der Waals surface area contributed by atoms with Gasteiger partial charge >= 0.3 is 0 Å². The Labute approximate surface area is 89.1 Å². The lowest BCUT2D eigenvalue weighted by Gasteiger charge is -2.25. The normalized spacial score (nSPS) is 28.7. The van der Waals surface area contributed by atoms with Crippen LogP contribution in [0.1, 0.15) is 29.0 Å². The summed E-state index contributed by atoms with van der Waals surface area (Å²) in [7, 11) is 0. The Balaban J connectivity index is 2.20. The molecule has 1 fully saturated rings. The molecular formula is C11H17NOS. The SMILES string of the molecule is Cc1ccc(C2(N)CCCOCC2)s1. The first-order chi connectivity index (χ1) is 6.71. The molecule has 0 saturated carbocycles. The Kier molecular flexibility index (Phi) is 2.91. The van der Waals surface area contributed by atoms with Crippen LogP contribution >= 0.6 is 11.3 Å². The molecule has 1 aromatic rings. The lowest BCUT2D eigenvalue weighted by atomic mass is 9.90. The van der Waals surface area contributed by atoms with Gasteiger partial charge in [0.25, 0.3) is 0 Å². The van der Waals surface area contributed by atoms with Gasteiger partial charge in [-0.3, -0.25) is 0 Å². The zero-order valence-electron chi connectivity index (χ0n) is 8.58. The average molecular weight is 211 g/mol. The Morgan fingerprint density at radius 1 is 1.36 bits per heavy atom. The van der Waals surface area contributed by atoms with E-state index < -0.39 is 0 Å². The highest BCUT2D eigenvalue weighted by atomic mass is 32.1. The third-order valence-corrected chi connectivity index (χ3v) is 4.06. The molecule has 14 heavy (non-hydrogen) atoms. The van der Waals surface area contributed by atoms with Gasteiger partial charge in [0.2, 0.25) is 0 Å². The van der Waals surface area contributed by atoms with E-state index in [1.807, 2.05) is 11.3 Å². The lowest BCUT2D eigenvalue weighted by molar-refractivity contribution is 0.140. The van der Waals surface area contributed by atoms with E-state index in [0.717, 1.165) is 32.5 Å². The maximum atomic E-state index is 6.42. The second-order valence-corrected chi connectivity index (χ2v) is 5.32. The van der Waals surface area contributed by atoms with Crippen LogP contribution in [0.25, 0.3) is 0 Å².